The number of hydrogen-bond acceptors (Lipinski definition) is 4. The quantitative estimate of drug-likeness (QED) is 0.788. The Kier molecular flexibility index (Phi) is 3.98. The van der Waals surface area contributed by atoms with Crippen LogP contribution in [0.15, 0.2) is 0 Å². The van der Waals surface area contributed by atoms with E-state index in [4.69, 9.17) is 14.6 Å². The molecule has 1 aliphatic heterocycles. The highest BCUT2D eigenvalue weighted by Crippen LogP contribution is 2.22. The zero-order valence-electron chi connectivity index (χ0n) is 10.6. The van der Waals surface area contributed by atoms with Crippen LogP contribution in [0.5, 0.6) is 0 Å². The maximum absolute atomic E-state index is 11.8. The van der Waals surface area contributed by atoms with E-state index in [1.807, 2.05) is 0 Å². The van der Waals surface area contributed by atoms with Crippen molar-refractivity contribution in [3.05, 3.63) is 0 Å². The summed E-state index contributed by atoms with van der Waals surface area (Å²) in [5, 5.41) is 9.04. The van der Waals surface area contributed by atoms with Gasteiger partial charge in [-0.15, -0.1) is 0 Å². The summed E-state index contributed by atoms with van der Waals surface area (Å²) in [4.78, 5) is 24.1. The number of carboxylic acid groups (broad SMARTS) is 1. The van der Waals surface area contributed by atoms with Crippen molar-refractivity contribution in [2.75, 3.05) is 13.7 Å². The molecule has 0 spiro atoms. The minimum Gasteiger partial charge on any atom is -0.480 e. The van der Waals surface area contributed by atoms with Crippen LogP contribution in [0, 0.1) is 0 Å². The highest BCUT2D eigenvalue weighted by atomic mass is 16.6. The van der Waals surface area contributed by atoms with Crippen molar-refractivity contribution < 1.29 is 24.2 Å². The number of nitrogens with zero attached hydrogens (tertiary/aromatic N) is 1. The highest BCUT2D eigenvalue weighted by Gasteiger charge is 2.41. The number of methoxy groups -OCH3 is 1. The van der Waals surface area contributed by atoms with E-state index in [0.717, 1.165) is 0 Å². The predicted octanol–water partition coefficient (Wildman–Crippen LogP) is 1.10. The van der Waals surface area contributed by atoms with Gasteiger partial charge in [-0.25, -0.2) is 9.59 Å². The number of carbonyl (C=O) groups is 2. The number of ether oxygens (including phenoxy) is 2. The topological polar surface area (TPSA) is 76.1 Å². The van der Waals surface area contributed by atoms with Crippen LogP contribution in [0.3, 0.4) is 0 Å². The molecule has 17 heavy (non-hydrogen) atoms. The highest BCUT2D eigenvalue weighted by molar-refractivity contribution is 5.81. The molecule has 6 nitrogen and oxygen atoms in total. The van der Waals surface area contributed by atoms with E-state index >= 15 is 0 Å². The van der Waals surface area contributed by atoms with Crippen molar-refractivity contribution in [2.24, 2.45) is 0 Å². The average Bonchev–Trinajstić information content (AvgIpc) is 2.58. The summed E-state index contributed by atoms with van der Waals surface area (Å²) in [6.07, 6.45) is -0.557. The maximum Gasteiger partial charge on any atom is 0.411 e. The third-order valence-electron chi connectivity index (χ3n) is 2.51. The Morgan fingerprint density at radius 1 is 1.35 bits per heavy atom. The molecule has 1 unspecified atom stereocenters. The first-order valence-corrected chi connectivity index (χ1v) is 5.50. The monoisotopic (exact) mass is 245 g/mol. The molecule has 1 fully saturated rings. The van der Waals surface area contributed by atoms with Crippen LogP contribution < -0.4 is 0 Å². The molecule has 1 aliphatic rings. The van der Waals surface area contributed by atoms with Gasteiger partial charge in [0.1, 0.15) is 11.6 Å². The molecule has 0 aromatic heterocycles. The molecule has 0 bridgehead atoms. The summed E-state index contributed by atoms with van der Waals surface area (Å²) >= 11 is 0. The van der Waals surface area contributed by atoms with Gasteiger partial charge in [-0.2, -0.15) is 0 Å². The molecule has 0 radical (unpaired) electrons. The van der Waals surface area contributed by atoms with Crippen LogP contribution in [0.4, 0.5) is 4.79 Å². The molecular weight excluding hydrogens is 226 g/mol. The summed E-state index contributed by atoms with van der Waals surface area (Å²) < 4.78 is 10.3. The Hall–Kier alpha value is -1.30. The molecule has 1 amide bonds. The van der Waals surface area contributed by atoms with Crippen LogP contribution in [0.2, 0.25) is 0 Å². The van der Waals surface area contributed by atoms with Crippen molar-refractivity contribution in [2.45, 2.75) is 44.9 Å². The van der Waals surface area contributed by atoms with Crippen molar-refractivity contribution >= 4 is 12.1 Å². The van der Waals surface area contributed by atoms with E-state index in [-0.39, 0.29) is 12.6 Å². The fourth-order valence-electron chi connectivity index (χ4n) is 1.72. The number of hydrogen-bond donors (Lipinski definition) is 1. The van der Waals surface area contributed by atoms with E-state index in [1.54, 1.807) is 20.8 Å². The summed E-state index contributed by atoms with van der Waals surface area (Å²) in [7, 11) is 1.50. The Labute approximate surface area is 100 Å². The molecule has 2 atom stereocenters. The normalized spacial score (nSPS) is 24.8. The summed E-state index contributed by atoms with van der Waals surface area (Å²) in [6.45, 7) is 5.47. The third-order valence-corrected chi connectivity index (χ3v) is 2.51. The van der Waals surface area contributed by atoms with E-state index in [2.05, 4.69) is 0 Å². The lowest BCUT2D eigenvalue weighted by molar-refractivity contribution is -0.142. The maximum atomic E-state index is 11.8. The Bertz CT molecular complexity index is 309. The fraction of sp³-hybridized carbons (Fsp3) is 0.818. The number of carboxylic acids is 1. The number of amides is 1. The van der Waals surface area contributed by atoms with Gasteiger partial charge in [-0.05, 0) is 20.8 Å². The molecule has 0 aliphatic carbocycles. The fourth-order valence-corrected chi connectivity index (χ4v) is 1.72. The summed E-state index contributed by atoms with van der Waals surface area (Å²) in [6, 6.07) is -0.866. The van der Waals surface area contributed by atoms with Gasteiger partial charge in [0.25, 0.3) is 0 Å². The van der Waals surface area contributed by atoms with Crippen LogP contribution in [0.1, 0.15) is 27.2 Å². The second kappa shape index (κ2) is 4.91. The number of likely N-dealkylation sites (tertiary alicyclic amines) is 1. The minimum absolute atomic E-state index is 0.247. The summed E-state index contributed by atoms with van der Waals surface area (Å²) in [5.41, 5.74) is -0.634. The third kappa shape index (κ3) is 3.59. The zero-order chi connectivity index (χ0) is 13.2. The first-order chi connectivity index (χ1) is 7.74. The van der Waals surface area contributed by atoms with Crippen molar-refractivity contribution in [3.8, 4) is 0 Å². The second-order valence-electron chi connectivity index (χ2n) is 5.08. The molecule has 0 aromatic rings. The van der Waals surface area contributed by atoms with Gasteiger partial charge in [-0.3, -0.25) is 4.90 Å². The minimum atomic E-state index is -1.03. The number of rotatable bonds is 2. The first kappa shape index (κ1) is 13.8. The lowest BCUT2D eigenvalue weighted by Gasteiger charge is -2.26. The largest absolute Gasteiger partial charge is 0.480 e. The van der Waals surface area contributed by atoms with E-state index < -0.39 is 23.7 Å². The van der Waals surface area contributed by atoms with Gasteiger partial charge >= 0.3 is 12.1 Å². The van der Waals surface area contributed by atoms with E-state index in [9.17, 15) is 9.59 Å². The molecular formula is C11H19NO5. The molecule has 1 N–H and O–H groups in total. The lowest BCUT2D eigenvalue weighted by atomic mass is 10.2. The number of aliphatic carboxylic acids is 1. The van der Waals surface area contributed by atoms with Crippen molar-refractivity contribution in [1.82, 2.24) is 4.90 Å². The van der Waals surface area contributed by atoms with Gasteiger partial charge in [-0.1, -0.05) is 0 Å². The van der Waals surface area contributed by atoms with Crippen molar-refractivity contribution in [3.63, 3.8) is 0 Å². The van der Waals surface area contributed by atoms with Crippen molar-refractivity contribution in [1.29, 1.82) is 0 Å². The molecule has 98 valence electrons. The summed E-state index contributed by atoms with van der Waals surface area (Å²) in [5.74, 6) is -1.03. The Morgan fingerprint density at radius 2 is 1.94 bits per heavy atom. The smallest absolute Gasteiger partial charge is 0.411 e. The Morgan fingerprint density at radius 3 is 2.35 bits per heavy atom. The standard InChI is InChI=1S/C11H19NO5/c1-11(2,3)17-10(15)12-6-7(16-4)5-8(12)9(13)14/h7-8H,5-6H2,1-4H3,(H,13,14)/t7?,8-/m1/s1. The number of carbonyl (C=O) groups excluding carboxylic acids is 1. The molecule has 6 heteroatoms. The van der Waals surface area contributed by atoms with E-state index in [0.29, 0.717) is 6.42 Å². The van der Waals surface area contributed by atoms with Crippen LogP contribution in [-0.4, -0.2) is 53.5 Å². The second-order valence-corrected chi connectivity index (χ2v) is 5.08. The van der Waals surface area contributed by atoms with Gasteiger partial charge in [0.05, 0.1) is 12.6 Å². The van der Waals surface area contributed by atoms with Gasteiger partial charge in [0.2, 0.25) is 0 Å². The Balaban J connectivity index is 2.73. The van der Waals surface area contributed by atoms with Gasteiger partial charge < -0.3 is 14.6 Å². The molecule has 1 saturated heterocycles. The average molecular weight is 245 g/mol. The molecule has 1 heterocycles. The molecule has 0 aromatic carbocycles. The molecule has 0 saturated carbocycles. The van der Waals surface area contributed by atoms with Gasteiger partial charge in [0, 0.05) is 13.5 Å². The van der Waals surface area contributed by atoms with E-state index in [1.165, 1.54) is 12.0 Å². The van der Waals surface area contributed by atoms with Crippen LogP contribution in [0.25, 0.3) is 0 Å². The first-order valence-electron chi connectivity index (χ1n) is 5.50. The molecule has 1 rings (SSSR count). The van der Waals surface area contributed by atoms with Crippen LogP contribution in [-0.2, 0) is 14.3 Å². The predicted molar refractivity (Wildman–Crippen MR) is 59.8 cm³/mol. The lowest BCUT2D eigenvalue weighted by Crippen LogP contribution is -2.43. The van der Waals surface area contributed by atoms with Gasteiger partial charge in [0.15, 0.2) is 0 Å². The zero-order valence-corrected chi connectivity index (χ0v) is 10.6. The SMILES string of the molecule is COC1C[C@H](C(=O)O)N(C(=O)OC(C)(C)C)C1. The van der Waals surface area contributed by atoms with Crippen LogP contribution >= 0.6 is 0 Å².